The third kappa shape index (κ3) is 3.69. The first-order valence-corrected chi connectivity index (χ1v) is 8.51. The fourth-order valence-electron chi connectivity index (χ4n) is 3.59. The summed E-state index contributed by atoms with van der Waals surface area (Å²) >= 11 is 0. The second kappa shape index (κ2) is 7.27. The molecule has 0 aliphatic carbocycles. The Bertz CT molecular complexity index is 739. The molecule has 0 bridgehead atoms. The molecule has 0 spiro atoms. The third-order valence-electron chi connectivity index (χ3n) is 4.89. The Kier molecular flexibility index (Phi) is 5.08. The predicted molar refractivity (Wildman–Crippen MR) is 94.7 cm³/mol. The molecule has 2 aromatic rings. The number of hydrogen-bond acceptors (Lipinski definition) is 5. The summed E-state index contributed by atoms with van der Waals surface area (Å²) in [7, 11) is 5.58. The minimum atomic E-state index is -0.298. The van der Waals surface area contributed by atoms with Gasteiger partial charge in [-0.05, 0) is 44.6 Å². The number of carbonyl (C=O) groups excluding carboxylic acids is 1. The Morgan fingerprint density at radius 1 is 1.28 bits per heavy atom. The first-order chi connectivity index (χ1) is 12.0. The highest BCUT2D eigenvalue weighted by atomic mass is 16.5. The van der Waals surface area contributed by atoms with Gasteiger partial charge in [-0.25, -0.2) is 4.79 Å². The Hall–Kier alpha value is -2.34. The van der Waals surface area contributed by atoms with Crippen LogP contribution in [0.25, 0.3) is 0 Å². The molecule has 2 atom stereocenters. The molecule has 1 fully saturated rings. The first kappa shape index (κ1) is 17.5. The minimum Gasteiger partial charge on any atom is -0.497 e. The van der Waals surface area contributed by atoms with E-state index in [1.54, 1.807) is 25.0 Å². The van der Waals surface area contributed by atoms with Crippen LogP contribution in [0.3, 0.4) is 0 Å². The SMILES string of the molecule is COc1ccc([C@@H]2[C@H](COC(=O)c3cn(C)nc3C)CCN2C)cc1. The van der Waals surface area contributed by atoms with E-state index in [-0.39, 0.29) is 17.9 Å². The van der Waals surface area contributed by atoms with Gasteiger partial charge in [0.25, 0.3) is 0 Å². The second-order valence-corrected chi connectivity index (χ2v) is 6.65. The van der Waals surface area contributed by atoms with Gasteiger partial charge in [-0.1, -0.05) is 12.1 Å². The highest BCUT2D eigenvalue weighted by molar-refractivity contribution is 5.90. The number of aromatic nitrogens is 2. The van der Waals surface area contributed by atoms with Gasteiger partial charge in [0.2, 0.25) is 0 Å². The summed E-state index contributed by atoms with van der Waals surface area (Å²) in [5.74, 6) is 0.826. The Morgan fingerprint density at radius 3 is 2.60 bits per heavy atom. The summed E-state index contributed by atoms with van der Waals surface area (Å²) in [4.78, 5) is 14.7. The zero-order valence-electron chi connectivity index (χ0n) is 15.2. The van der Waals surface area contributed by atoms with Crippen molar-refractivity contribution in [3.63, 3.8) is 0 Å². The van der Waals surface area contributed by atoms with Crippen molar-refractivity contribution >= 4 is 5.97 Å². The number of esters is 1. The lowest BCUT2D eigenvalue weighted by molar-refractivity contribution is 0.0411. The molecule has 0 unspecified atom stereocenters. The van der Waals surface area contributed by atoms with Crippen LogP contribution in [0.15, 0.2) is 30.5 Å². The number of likely N-dealkylation sites (tertiary alicyclic amines) is 1. The van der Waals surface area contributed by atoms with Gasteiger partial charge in [0.1, 0.15) is 11.3 Å². The van der Waals surface area contributed by atoms with Gasteiger partial charge >= 0.3 is 5.97 Å². The average Bonchev–Trinajstić information content (AvgIpc) is 3.14. The Labute approximate surface area is 148 Å². The summed E-state index contributed by atoms with van der Waals surface area (Å²) < 4.78 is 12.5. The Balaban J connectivity index is 1.68. The van der Waals surface area contributed by atoms with Crippen LogP contribution < -0.4 is 4.74 Å². The van der Waals surface area contributed by atoms with Crippen molar-refractivity contribution in [2.24, 2.45) is 13.0 Å². The van der Waals surface area contributed by atoms with Crippen LogP contribution in [-0.4, -0.2) is 48.0 Å². The molecule has 1 aliphatic rings. The van der Waals surface area contributed by atoms with Gasteiger partial charge in [0.15, 0.2) is 0 Å². The van der Waals surface area contributed by atoms with Crippen molar-refractivity contribution < 1.29 is 14.3 Å². The maximum absolute atomic E-state index is 12.3. The van der Waals surface area contributed by atoms with Gasteiger partial charge in [-0.3, -0.25) is 9.58 Å². The maximum Gasteiger partial charge on any atom is 0.341 e. The molecule has 0 saturated carbocycles. The van der Waals surface area contributed by atoms with E-state index in [4.69, 9.17) is 9.47 Å². The Morgan fingerprint density at radius 2 is 2.00 bits per heavy atom. The molecule has 2 heterocycles. The van der Waals surface area contributed by atoms with Crippen LogP contribution >= 0.6 is 0 Å². The van der Waals surface area contributed by atoms with Gasteiger partial charge in [-0.15, -0.1) is 0 Å². The lowest BCUT2D eigenvalue weighted by Crippen LogP contribution is -2.24. The van der Waals surface area contributed by atoms with E-state index in [1.807, 2.05) is 19.1 Å². The van der Waals surface area contributed by atoms with Crippen LogP contribution in [0, 0.1) is 12.8 Å². The number of methoxy groups -OCH3 is 1. The number of rotatable bonds is 5. The zero-order valence-corrected chi connectivity index (χ0v) is 15.2. The van der Waals surface area contributed by atoms with Crippen LogP contribution in [0.2, 0.25) is 0 Å². The highest BCUT2D eigenvalue weighted by Crippen LogP contribution is 2.36. The topological polar surface area (TPSA) is 56.6 Å². The van der Waals surface area contributed by atoms with Gasteiger partial charge < -0.3 is 9.47 Å². The summed E-state index contributed by atoms with van der Waals surface area (Å²) in [5, 5.41) is 4.20. The van der Waals surface area contributed by atoms with Crippen molar-refractivity contribution in [1.82, 2.24) is 14.7 Å². The van der Waals surface area contributed by atoms with Crippen LogP contribution in [0.1, 0.15) is 34.1 Å². The molecule has 1 aromatic carbocycles. The van der Waals surface area contributed by atoms with E-state index in [0.29, 0.717) is 17.9 Å². The van der Waals surface area contributed by atoms with E-state index in [2.05, 4.69) is 29.2 Å². The molecule has 6 nitrogen and oxygen atoms in total. The second-order valence-electron chi connectivity index (χ2n) is 6.65. The molecule has 134 valence electrons. The fourth-order valence-corrected chi connectivity index (χ4v) is 3.59. The summed E-state index contributed by atoms with van der Waals surface area (Å²) in [6.45, 7) is 3.22. The van der Waals surface area contributed by atoms with E-state index >= 15 is 0 Å². The number of carbonyl (C=O) groups is 1. The average molecular weight is 343 g/mol. The normalized spacial score (nSPS) is 20.6. The number of nitrogens with zero attached hydrogens (tertiary/aromatic N) is 3. The quantitative estimate of drug-likeness (QED) is 0.781. The van der Waals surface area contributed by atoms with Crippen LogP contribution in [0.4, 0.5) is 0 Å². The molecule has 1 aromatic heterocycles. The third-order valence-corrected chi connectivity index (χ3v) is 4.89. The summed E-state index contributed by atoms with van der Waals surface area (Å²) in [5.41, 5.74) is 2.46. The molecule has 0 N–H and O–H groups in total. The van der Waals surface area contributed by atoms with E-state index in [9.17, 15) is 4.79 Å². The van der Waals surface area contributed by atoms with Crippen molar-refractivity contribution in [2.75, 3.05) is 27.3 Å². The number of aryl methyl sites for hydroxylation is 2. The van der Waals surface area contributed by atoms with Crippen molar-refractivity contribution in [1.29, 1.82) is 0 Å². The maximum atomic E-state index is 12.3. The molecular weight excluding hydrogens is 318 g/mol. The van der Waals surface area contributed by atoms with Gasteiger partial charge in [0.05, 0.1) is 19.4 Å². The number of benzene rings is 1. The summed E-state index contributed by atoms with van der Waals surface area (Å²) in [6, 6.07) is 8.37. The first-order valence-electron chi connectivity index (χ1n) is 8.51. The standard InChI is InChI=1S/C19H25N3O3/c1-13-17(11-22(3)20-13)19(23)25-12-15-9-10-21(2)18(15)14-5-7-16(24-4)8-6-14/h5-8,11,15,18H,9-10,12H2,1-4H3/t15-,18+/m0/s1. The monoisotopic (exact) mass is 343 g/mol. The summed E-state index contributed by atoms with van der Waals surface area (Å²) in [6.07, 6.45) is 2.71. The van der Waals surface area contributed by atoms with Crippen molar-refractivity contribution in [3.8, 4) is 5.75 Å². The highest BCUT2D eigenvalue weighted by Gasteiger charge is 2.34. The molecule has 1 aliphatic heterocycles. The molecular formula is C19H25N3O3. The van der Waals surface area contributed by atoms with Crippen molar-refractivity contribution in [3.05, 3.63) is 47.3 Å². The zero-order chi connectivity index (χ0) is 18.0. The van der Waals surface area contributed by atoms with E-state index < -0.39 is 0 Å². The smallest absolute Gasteiger partial charge is 0.341 e. The van der Waals surface area contributed by atoms with Gasteiger partial charge in [-0.2, -0.15) is 5.10 Å². The molecule has 25 heavy (non-hydrogen) atoms. The van der Waals surface area contributed by atoms with E-state index in [1.165, 1.54) is 5.56 Å². The number of ether oxygens (including phenoxy) is 2. The van der Waals surface area contributed by atoms with Crippen molar-refractivity contribution in [2.45, 2.75) is 19.4 Å². The minimum absolute atomic E-state index is 0.244. The lowest BCUT2D eigenvalue weighted by Gasteiger charge is -2.25. The fraction of sp³-hybridized carbons (Fsp3) is 0.474. The van der Waals surface area contributed by atoms with Crippen LogP contribution in [0.5, 0.6) is 5.75 Å². The molecule has 6 heteroatoms. The number of hydrogen-bond donors (Lipinski definition) is 0. The van der Waals surface area contributed by atoms with E-state index in [0.717, 1.165) is 18.7 Å². The lowest BCUT2D eigenvalue weighted by atomic mass is 9.94. The predicted octanol–water partition coefficient (Wildman–Crippen LogP) is 2.59. The van der Waals surface area contributed by atoms with Gasteiger partial charge in [0, 0.05) is 25.2 Å². The molecule has 1 saturated heterocycles. The molecule has 0 radical (unpaired) electrons. The molecule has 0 amide bonds. The largest absolute Gasteiger partial charge is 0.497 e. The molecule has 3 rings (SSSR count). The van der Waals surface area contributed by atoms with Crippen LogP contribution in [-0.2, 0) is 11.8 Å².